The highest BCUT2D eigenvalue weighted by Crippen LogP contribution is 2.16. The van der Waals surface area contributed by atoms with E-state index < -0.39 is 5.97 Å². The number of hydrogen-bond donors (Lipinski definition) is 2. The van der Waals surface area contributed by atoms with Crippen LogP contribution in [0.15, 0.2) is 54.6 Å². The minimum atomic E-state index is -0.940. The van der Waals surface area contributed by atoms with Gasteiger partial charge in [-0.3, -0.25) is 4.79 Å². The summed E-state index contributed by atoms with van der Waals surface area (Å²) in [6.45, 7) is 0.506. The summed E-state index contributed by atoms with van der Waals surface area (Å²) in [5, 5.41) is 11.9. The van der Waals surface area contributed by atoms with Gasteiger partial charge >= 0.3 is 5.97 Å². The Hall–Kier alpha value is -2.27. The van der Waals surface area contributed by atoms with Crippen LogP contribution < -0.4 is 5.32 Å². The van der Waals surface area contributed by atoms with Crippen molar-refractivity contribution in [3.63, 3.8) is 0 Å². The number of rotatable bonds is 7. The maximum atomic E-state index is 11.8. The van der Waals surface area contributed by atoms with E-state index in [1.807, 2.05) is 30.3 Å². The largest absolute Gasteiger partial charge is 0.478 e. The summed E-state index contributed by atoms with van der Waals surface area (Å²) in [6, 6.07) is 16.6. The van der Waals surface area contributed by atoms with Crippen molar-refractivity contribution in [1.82, 2.24) is 5.32 Å². The highest BCUT2D eigenvalue weighted by atomic mass is 32.2. The molecule has 2 N–H and O–H groups in total. The first-order valence-corrected chi connectivity index (χ1v) is 8.02. The maximum absolute atomic E-state index is 11.8. The van der Waals surface area contributed by atoms with E-state index in [1.165, 1.54) is 11.8 Å². The van der Waals surface area contributed by atoms with Crippen molar-refractivity contribution in [2.24, 2.45) is 0 Å². The molecule has 0 saturated carbocycles. The first kappa shape index (κ1) is 16.1. The van der Waals surface area contributed by atoms with E-state index in [0.717, 1.165) is 11.1 Å². The van der Waals surface area contributed by atoms with E-state index in [2.05, 4.69) is 5.32 Å². The maximum Gasteiger partial charge on any atom is 0.335 e. The summed E-state index contributed by atoms with van der Waals surface area (Å²) < 4.78 is 0. The second-order valence-electron chi connectivity index (χ2n) is 4.72. The lowest BCUT2D eigenvalue weighted by molar-refractivity contribution is -0.118. The van der Waals surface area contributed by atoms with E-state index >= 15 is 0 Å². The number of carbonyl (C=O) groups excluding carboxylic acids is 1. The lowest BCUT2D eigenvalue weighted by Gasteiger charge is -2.07. The van der Waals surface area contributed by atoms with Crippen molar-refractivity contribution in [2.45, 2.75) is 12.3 Å². The minimum absolute atomic E-state index is 0.0540. The predicted octanol–water partition coefficient (Wildman–Crippen LogP) is 2.93. The monoisotopic (exact) mass is 315 g/mol. The van der Waals surface area contributed by atoms with Crippen molar-refractivity contribution in [2.75, 3.05) is 5.75 Å². The standard InChI is InChI=1S/C17H17NO3S/c19-16(18-10-13-6-2-1-3-7-13)12-22-11-14-8-4-5-9-15(14)17(20)21/h1-9H,10-12H2,(H,18,19)(H,20,21). The van der Waals surface area contributed by atoms with Gasteiger partial charge in [0, 0.05) is 12.3 Å². The SMILES string of the molecule is O=C(CSCc1ccccc1C(=O)O)NCc1ccccc1. The number of carbonyl (C=O) groups is 2. The molecule has 0 spiro atoms. The Bertz CT molecular complexity index is 643. The van der Waals surface area contributed by atoms with Crippen LogP contribution in [-0.4, -0.2) is 22.7 Å². The summed E-state index contributed by atoms with van der Waals surface area (Å²) in [5.74, 6) is -0.187. The smallest absolute Gasteiger partial charge is 0.335 e. The highest BCUT2D eigenvalue weighted by Gasteiger charge is 2.09. The van der Waals surface area contributed by atoms with Crippen molar-refractivity contribution in [1.29, 1.82) is 0 Å². The van der Waals surface area contributed by atoms with Crippen molar-refractivity contribution >= 4 is 23.6 Å². The van der Waals surface area contributed by atoms with Crippen LogP contribution in [0.5, 0.6) is 0 Å². The molecule has 22 heavy (non-hydrogen) atoms. The van der Waals surface area contributed by atoms with Gasteiger partial charge in [-0.1, -0.05) is 48.5 Å². The molecule has 0 aliphatic heterocycles. The van der Waals surface area contributed by atoms with Gasteiger partial charge in [-0.2, -0.15) is 0 Å². The second-order valence-corrected chi connectivity index (χ2v) is 5.70. The van der Waals surface area contributed by atoms with Gasteiger partial charge in [0.05, 0.1) is 11.3 Å². The first-order valence-electron chi connectivity index (χ1n) is 6.86. The quantitative estimate of drug-likeness (QED) is 0.824. The van der Waals surface area contributed by atoms with Crippen LogP contribution in [0.4, 0.5) is 0 Å². The fourth-order valence-electron chi connectivity index (χ4n) is 1.96. The summed E-state index contributed by atoms with van der Waals surface area (Å²) >= 11 is 1.41. The number of benzene rings is 2. The topological polar surface area (TPSA) is 66.4 Å². The average molecular weight is 315 g/mol. The summed E-state index contributed by atoms with van der Waals surface area (Å²) in [5.41, 5.74) is 2.08. The molecule has 5 heteroatoms. The zero-order chi connectivity index (χ0) is 15.8. The molecule has 0 fully saturated rings. The third-order valence-corrected chi connectivity index (χ3v) is 4.05. The highest BCUT2D eigenvalue weighted by molar-refractivity contribution is 7.99. The van der Waals surface area contributed by atoms with E-state index in [9.17, 15) is 9.59 Å². The molecule has 2 rings (SSSR count). The minimum Gasteiger partial charge on any atom is -0.478 e. The number of hydrogen-bond acceptors (Lipinski definition) is 3. The molecular weight excluding hydrogens is 298 g/mol. The van der Waals surface area contributed by atoms with Crippen LogP contribution in [0.1, 0.15) is 21.5 Å². The molecule has 0 heterocycles. The molecule has 114 valence electrons. The van der Waals surface area contributed by atoms with E-state index in [1.54, 1.807) is 24.3 Å². The fraction of sp³-hybridized carbons (Fsp3) is 0.176. The third-order valence-electron chi connectivity index (χ3n) is 3.07. The van der Waals surface area contributed by atoms with E-state index in [4.69, 9.17) is 5.11 Å². The third kappa shape index (κ3) is 4.93. The van der Waals surface area contributed by atoms with Gasteiger partial charge in [0.1, 0.15) is 0 Å². The Morgan fingerprint density at radius 3 is 2.41 bits per heavy atom. The van der Waals surface area contributed by atoms with Gasteiger partial charge < -0.3 is 10.4 Å². The van der Waals surface area contributed by atoms with Gasteiger partial charge in [-0.15, -0.1) is 11.8 Å². The molecule has 4 nitrogen and oxygen atoms in total. The number of carboxylic acids is 1. The number of nitrogens with one attached hydrogen (secondary N) is 1. The van der Waals surface area contributed by atoms with Gasteiger partial charge in [-0.05, 0) is 17.2 Å². The van der Waals surface area contributed by atoms with Gasteiger partial charge in [-0.25, -0.2) is 4.79 Å². The Labute approximate surface area is 133 Å². The van der Waals surface area contributed by atoms with E-state index in [-0.39, 0.29) is 5.91 Å². The second kappa shape index (κ2) is 8.24. The van der Waals surface area contributed by atoms with Gasteiger partial charge in [0.15, 0.2) is 0 Å². The average Bonchev–Trinajstić information content (AvgIpc) is 2.54. The lowest BCUT2D eigenvalue weighted by Crippen LogP contribution is -2.24. The zero-order valence-electron chi connectivity index (χ0n) is 12.0. The number of amides is 1. The molecule has 2 aromatic rings. The molecule has 0 aliphatic rings. The van der Waals surface area contributed by atoms with Crippen LogP contribution in [0.2, 0.25) is 0 Å². The molecule has 0 saturated heterocycles. The first-order chi connectivity index (χ1) is 10.7. The van der Waals surface area contributed by atoms with Crippen LogP contribution in [0.25, 0.3) is 0 Å². The molecular formula is C17H17NO3S. The summed E-state index contributed by atoms with van der Waals surface area (Å²) in [7, 11) is 0. The lowest BCUT2D eigenvalue weighted by atomic mass is 10.1. The Balaban J connectivity index is 1.77. The number of thioether (sulfide) groups is 1. The van der Waals surface area contributed by atoms with Crippen molar-refractivity contribution in [3.05, 3.63) is 71.3 Å². The fourth-order valence-corrected chi connectivity index (χ4v) is 2.82. The van der Waals surface area contributed by atoms with Crippen LogP contribution in [-0.2, 0) is 17.1 Å². The normalized spacial score (nSPS) is 10.2. The van der Waals surface area contributed by atoms with Crippen LogP contribution >= 0.6 is 11.8 Å². The Kier molecular flexibility index (Phi) is 6.03. The molecule has 0 aliphatic carbocycles. The zero-order valence-corrected chi connectivity index (χ0v) is 12.8. The van der Waals surface area contributed by atoms with Gasteiger partial charge in [0.2, 0.25) is 5.91 Å². The molecule has 1 amide bonds. The summed E-state index contributed by atoms with van der Waals surface area (Å²) in [4.78, 5) is 22.9. The molecule has 0 bridgehead atoms. The summed E-state index contributed by atoms with van der Waals surface area (Å²) in [6.07, 6.45) is 0. The molecule has 0 radical (unpaired) electrons. The molecule has 2 aromatic carbocycles. The van der Waals surface area contributed by atoms with Crippen LogP contribution in [0.3, 0.4) is 0 Å². The molecule has 0 aromatic heterocycles. The number of carboxylic acid groups (broad SMARTS) is 1. The van der Waals surface area contributed by atoms with Crippen molar-refractivity contribution < 1.29 is 14.7 Å². The Morgan fingerprint density at radius 2 is 1.68 bits per heavy atom. The predicted molar refractivity (Wildman–Crippen MR) is 87.9 cm³/mol. The molecule has 0 unspecified atom stereocenters. The van der Waals surface area contributed by atoms with Gasteiger partial charge in [0.25, 0.3) is 0 Å². The molecule has 0 atom stereocenters. The van der Waals surface area contributed by atoms with E-state index in [0.29, 0.717) is 23.6 Å². The van der Waals surface area contributed by atoms with Crippen LogP contribution in [0, 0.1) is 0 Å². The van der Waals surface area contributed by atoms with Crippen molar-refractivity contribution in [3.8, 4) is 0 Å². The number of aromatic carboxylic acids is 1. The Morgan fingerprint density at radius 1 is 1.00 bits per heavy atom.